The molecule has 0 heterocycles. The summed E-state index contributed by atoms with van der Waals surface area (Å²) in [7, 11) is -4.03. The molecule has 22 heavy (non-hydrogen) atoms. The number of halogens is 4. The number of anilines is 1. The third kappa shape index (κ3) is 4.20. The molecule has 0 fully saturated rings. The Balaban J connectivity index is 2.26. The van der Waals surface area contributed by atoms with Gasteiger partial charge in [-0.3, -0.25) is 4.72 Å². The minimum atomic E-state index is -4.69. The Morgan fingerprint density at radius 2 is 1.64 bits per heavy atom. The van der Waals surface area contributed by atoms with Gasteiger partial charge in [0.25, 0.3) is 0 Å². The van der Waals surface area contributed by atoms with E-state index in [-0.39, 0.29) is 0 Å². The zero-order valence-corrected chi connectivity index (χ0v) is 11.9. The van der Waals surface area contributed by atoms with Gasteiger partial charge in [0.1, 0.15) is 5.82 Å². The van der Waals surface area contributed by atoms with Gasteiger partial charge >= 0.3 is 6.18 Å². The third-order valence-corrected chi connectivity index (χ3v) is 4.00. The molecule has 0 saturated heterocycles. The first-order chi connectivity index (χ1) is 10.2. The van der Waals surface area contributed by atoms with Crippen LogP contribution in [-0.2, 0) is 22.0 Å². The van der Waals surface area contributed by atoms with Crippen molar-refractivity contribution in [3.63, 3.8) is 0 Å². The molecule has 1 N–H and O–H groups in total. The summed E-state index contributed by atoms with van der Waals surface area (Å²) in [5.74, 6) is -1.55. The molecule has 0 bridgehead atoms. The maximum absolute atomic E-state index is 13.5. The largest absolute Gasteiger partial charge is 0.416 e. The lowest BCUT2D eigenvalue weighted by atomic mass is 10.2. The standard InChI is InChI=1S/C14H11F4NO2S/c15-12-7-6-11(14(16,17)18)8-13(12)19-22(20,21)9-10-4-2-1-3-5-10/h1-8,19H,9H2. The van der Waals surface area contributed by atoms with Crippen LogP contribution in [0.2, 0.25) is 0 Å². The van der Waals surface area contributed by atoms with Crippen LogP contribution in [0, 0.1) is 5.82 Å². The van der Waals surface area contributed by atoms with Crippen molar-refractivity contribution in [2.24, 2.45) is 0 Å². The van der Waals surface area contributed by atoms with Crippen LogP contribution in [0.3, 0.4) is 0 Å². The lowest BCUT2D eigenvalue weighted by Gasteiger charge is -2.12. The van der Waals surface area contributed by atoms with E-state index in [0.717, 1.165) is 0 Å². The minimum Gasteiger partial charge on any atom is -0.280 e. The van der Waals surface area contributed by atoms with Gasteiger partial charge in [-0.1, -0.05) is 30.3 Å². The summed E-state index contributed by atoms with van der Waals surface area (Å²) in [5, 5.41) is 0. The molecule has 0 radical (unpaired) electrons. The SMILES string of the molecule is O=S(=O)(Cc1ccccc1)Nc1cc(C(F)(F)F)ccc1F. The summed E-state index contributed by atoms with van der Waals surface area (Å²) in [6.07, 6.45) is -4.69. The topological polar surface area (TPSA) is 46.2 Å². The van der Waals surface area contributed by atoms with Gasteiger partial charge in [0.05, 0.1) is 17.0 Å². The van der Waals surface area contributed by atoms with E-state index in [1.165, 1.54) is 0 Å². The number of nitrogens with one attached hydrogen (secondary N) is 1. The van der Waals surface area contributed by atoms with E-state index in [1.807, 2.05) is 4.72 Å². The van der Waals surface area contributed by atoms with Gasteiger partial charge in [0, 0.05) is 0 Å². The maximum Gasteiger partial charge on any atom is 0.416 e. The van der Waals surface area contributed by atoms with Crippen LogP contribution in [0.1, 0.15) is 11.1 Å². The summed E-state index contributed by atoms with van der Waals surface area (Å²) in [5.41, 5.74) is -1.43. The molecule has 8 heteroatoms. The van der Waals surface area contributed by atoms with Crippen molar-refractivity contribution in [3.05, 3.63) is 65.5 Å². The molecule has 118 valence electrons. The number of alkyl halides is 3. The highest BCUT2D eigenvalue weighted by Gasteiger charge is 2.31. The van der Waals surface area contributed by atoms with Crippen molar-refractivity contribution in [1.29, 1.82) is 0 Å². The second-order valence-corrected chi connectivity index (χ2v) is 6.26. The highest BCUT2D eigenvalue weighted by Crippen LogP contribution is 2.32. The first-order valence-corrected chi connectivity index (χ1v) is 7.74. The molecule has 0 unspecified atom stereocenters. The van der Waals surface area contributed by atoms with E-state index in [2.05, 4.69) is 0 Å². The lowest BCUT2D eigenvalue weighted by Crippen LogP contribution is -2.17. The van der Waals surface area contributed by atoms with Crippen LogP contribution in [0.4, 0.5) is 23.2 Å². The van der Waals surface area contributed by atoms with E-state index in [0.29, 0.717) is 23.8 Å². The molecule has 0 atom stereocenters. The number of sulfonamides is 1. The second kappa shape index (κ2) is 5.96. The summed E-state index contributed by atoms with van der Waals surface area (Å²) in [4.78, 5) is 0. The van der Waals surface area contributed by atoms with E-state index in [4.69, 9.17) is 0 Å². The van der Waals surface area contributed by atoms with Crippen molar-refractivity contribution >= 4 is 15.7 Å². The Bertz CT molecular complexity index is 758. The Kier molecular flexibility index (Phi) is 4.41. The van der Waals surface area contributed by atoms with Crippen LogP contribution < -0.4 is 4.72 Å². The van der Waals surface area contributed by atoms with Gasteiger partial charge in [0.2, 0.25) is 10.0 Å². The smallest absolute Gasteiger partial charge is 0.280 e. The fraction of sp³-hybridized carbons (Fsp3) is 0.143. The molecule has 0 aliphatic carbocycles. The molecule has 0 aromatic heterocycles. The first kappa shape index (κ1) is 16.3. The molecule has 0 saturated carbocycles. The van der Waals surface area contributed by atoms with Crippen molar-refractivity contribution in [3.8, 4) is 0 Å². The van der Waals surface area contributed by atoms with Gasteiger partial charge in [-0.2, -0.15) is 13.2 Å². The molecule has 0 aliphatic heterocycles. The molecule has 2 aromatic carbocycles. The molecule has 0 amide bonds. The quantitative estimate of drug-likeness (QED) is 0.866. The zero-order valence-electron chi connectivity index (χ0n) is 11.1. The molecule has 0 spiro atoms. The molecular weight excluding hydrogens is 322 g/mol. The predicted octanol–water partition coefficient (Wildman–Crippen LogP) is 3.79. The molecule has 2 aromatic rings. The number of benzene rings is 2. The molecule has 0 aliphatic rings. The predicted molar refractivity (Wildman–Crippen MR) is 74.1 cm³/mol. The normalized spacial score (nSPS) is 12.2. The monoisotopic (exact) mass is 333 g/mol. The van der Waals surface area contributed by atoms with E-state index < -0.39 is 39.0 Å². The van der Waals surface area contributed by atoms with E-state index >= 15 is 0 Å². The van der Waals surface area contributed by atoms with Crippen LogP contribution in [0.15, 0.2) is 48.5 Å². The first-order valence-electron chi connectivity index (χ1n) is 6.08. The molecular formula is C14H11F4NO2S. The highest BCUT2D eigenvalue weighted by atomic mass is 32.2. The van der Waals surface area contributed by atoms with Crippen LogP contribution >= 0.6 is 0 Å². The zero-order chi connectivity index (χ0) is 16.4. The number of hydrogen-bond acceptors (Lipinski definition) is 2. The third-order valence-electron chi connectivity index (χ3n) is 2.76. The van der Waals surface area contributed by atoms with Crippen molar-refractivity contribution in [1.82, 2.24) is 0 Å². The van der Waals surface area contributed by atoms with Crippen molar-refractivity contribution < 1.29 is 26.0 Å². The van der Waals surface area contributed by atoms with Gasteiger partial charge in [-0.05, 0) is 23.8 Å². The fourth-order valence-corrected chi connectivity index (χ4v) is 2.97. The molecule has 3 nitrogen and oxygen atoms in total. The van der Waals surface area contributed by atoms with Gasteiger partial charge < -0.3 is 0 Å². The lowest BCUT2D eigenvalue weighted by molar-refractivity contribution is -0.137. The Morgan fingerprint density at radius 1 is 1.00 bits per heavy atom. The summed E-state index contributed by atoms with van der Waals surface area (Å²) in [6.45, 7) is 0. The average molecular weight is 333 g/mol. The van der Waals surface area contributed by atoms with Crippen LogP contribution in [-0.4, -0.2) is 8.42 Å². The van der Waals surface area contributed by atoms with Gasteiger partial charge in [0.15, 0.2) is 0 Å². The number of hydrogen-bond donors (Lipinski definition) is 1. The fourth-order valence-electron chi connectivity index (χ4n) is 1.78. The highest BCUT2D eigenvalue weighted by molar-refractivity contribution is 7.91. The van der Waals surface area contributed by atoms with Crippen molar-refractivity contribution in [2.75, 3.05) is 4.72 Å². The molecule has 2 rings (SSSR count). The minimum absolute atomic E-state index is 0.428. The van der Waals surface area contributed by atoms with Gasteiger partial charge in [-0.25, -0.2) is 12.8 Å². The Morgan fingerprint density at radius 3 is 2.23 bits per heavy atom. The van der Waals surface area contributed by atoms with Crippen molar-refractivity contribution in [2.45, 2.75) is 11.9 Å². The summed E-state index contributed by atoms with van der Waals surface area (Å²) in [6, 6.07) is 9.57. The second-order valence-electron chi connectivity index (χ2n) is 4.54. The Hall–Kier alpha value is -2.09. The van der Waals surface area contributed by atoms with E-state index in [9.17, 15) is 26.0 Å². The Labute approximate surface area is 124 Å². The summed E-state index contributed by atoms with van der Waals surface area (Å²) < 4.78 is 77.0. The van der Waals surface area contributed by atoms with Gasteiger partial charge in [-0.15, -0.1) is 0 Å². The van der Waals surface area contributed by atoms with E-state index in [1.54, 1.807) is 30.3 Å². The summed E-state index contributed by atoms with van der Waals surface area (Å²) >= 11 is 0. The van der Waals surface area contributed by atoms with Crippen LogP contribution in [0.5, 0.6) is 0 Å². The average Bonchev–Trinajstić information content (AvgIpc) is 2.40. The van der Waals surface area contributed by atoms with Crippen LogP contribution in [0.25, 0.3) is 0 Å². The number of rotatable bonds is 4. The maximum atomic E-state index is 13.5.